The third kappa shape index (κ3) is 1.67. The first-order valence-corrected chi connectivity index (χ1v) is 3.50. The third-order valence-electron chi connectivity index (χ3n) is 1.53. The van der Waals surface area contributed by atoms with Crippen molar-refractivity contribution in [1.29, 1.82) is 5.26 Å². The maximum Gasteiger partial charge on any atom is 0.160 e. The lowest BCUT2D eigenvalue weighted by Crippen LogP contribution is -1.86. The summed E-state index contributed by atoms with van der Waals surface area (Å²) in [4.78, 5) is 0. The van der Waals surface area contributed by atoms with Crippen molar-refractivity contribution in [1.82, 2.24) is 0 Å². The Labute approximate surface area is 70.8 Å². The minimum absolute atomic E-state index is 0.0743. The number of methoxy groups -OCH3 is 1. The second kappa shape index (κ2) is 3.63. The third-order valence-corrected chi connectivity index (χ3v) is 1.53. The monoisotopic (exact) mass is 163 g/mol. The van der Waals surface area contributed by atoms with Crippen LogP contribution in [-0.4, -0.2) is 12.2 Å². The fraction of sp³-hybridized carbons (Fsp3) is 0.222. The molecule has 0 aliphatic carbocycles. The summed E-state index contributed by atoms with van der Waals surface area (Å²) < 4.78 is 4.85. The van der Waals surface area contributed by atoms with Crippen LogP contribution in [0.2, 0.25) is 0 Å². The van der Waals surface area contributed by atoms with E-state index >= 15 is 0 Å². The van der Waals surface area contributed by atoms with Crippen molar-refractivity contribution >= 4 is 0 Å². The number of rotatable bonds is 2. The summed E-state index contributed by atoms with van der Waals surface area (Å²) in [7, 11) is 1.49. The molecule has 0 atom stereocenters. The van der Waals surface area contributed by atoms with E-state index in [9.17, 15) is 5.11 Å². The molecular weight excluding hydrogens is 154 g/mol. The van der Waals surface area contributed by atoms with Gasteiger partial charge in [-0.2, -0.15) is 5.26 Å². The van der Waals surface area contributed by atoms with E-state index in [-0.39, 0.29) is 5.75 Å². The van der Waals surface area contributed by atoms with Crippen molar-refractivity contribution in [2.24, 2.45) is 0 Å². The molecule has 1 aromatic rings. The van der Waals surface area contributed by atoms with E-state index in [1.54, 1.807) is 12.1 Å². The molecule has 0 aromatic heterocycles. The Morgan fingerprint density at radius 3 is 2.83 bits per heavy atom. The van der Waals surface area contributed by atoms with Crippen LogP contribution in [0, 0.1) is 11.3 Å². The van der Waals surface area contributed by atoms with Crippen molar-refractivity contribution in [3.8, 4) is 17.6 Å². The quantitative estimate of drug-likeness (QED) is 0.718. The molecule has 3 heteroatoms. The highest BCUT2D eigenvalue weighted by Gasteiger charge is 2.00. The van der Waals surface area contributed by atoms with Gasteiger partial charge in [-0.25, -0.2) is 0 Å². The molecule has 1 aromatic carbocycles. The second-order valence-electron chi connectivity index (χ2n) is 2.34. The first-order chi connectivity index (χ1) is 5.77. The lowest BCUT2D eigenvalue weighted by Gasteiger charge is -2.03. The average molecular weight is 163 g/mol. The van der Waals surface area contributed by atoms with Gasteiger partial charge in [0.15, 0.2) is 11.5 Å². The van der Waals surface area contributed by atoms with Crippen LogP contribution in [-0.2, 0) is 6.42 Å². The number of benzene rings is 1. The van der Waals surface area contributed by atoms with E-state index in [2.05, 4.69) is 0 Å². The van der Waals surface area contributed by atoms with Crippen LogP contribution in [0.3, 0.4) is 0 Å². The molecule has 12 heavy (non-hydrogen) atoms. The summed E-state index contributed by atoms with van der Waals surface area (Å²) >= 11 is 0. The van der Waals surface area contributed by atoms with Gasteiger partial charge >= 0.3 is 0 Å². The van der Waals surface area contributed by atoms with Gasteiger partial charge in [-0.1, -0.05) is 6.07 Å². The van der Waals surface area contributed by atoms with Crippen molar-refractivity contribution in [3.63, 3.8) is 0 Å². The number of nitrogens with zero attached hydrogens (tertiary/aromatic N) is 1. The largest absolute Gasteiger partial charge is 0.504 e. The summed E-state index contributed by atoms with van der Waals surface area (Å²) in [5.74, 6) is 0.502. The van der Waals surface area contributed by atoms with Gasteiger partial charge < -0.3 is 9.84 Å². The zero-order chi connectivity index (χ0) is 8.97. The van der Waals surface area contributed by atoms with Crippen LogP contribution < -0.4 is 4.74 Å². The van der Waals surface area contributed by atoms with Crippen LogP contribution in [0.5, 0.6) is 11.5 Å². The zero-order valence-corrected chi connectivity index (χ0v) is 6.74. The topological polar surface area (TPSA) is 53.2 Å². The van der Waals surface area contributed by atoms with Crippen LogP contribution in [0.4, 0.5) is 0 Å². The maximum absolute atomic E-state index is 9.28. The number of aromatic hydroxyl groups is 1. The number of ether oxygens (including phenoxy) is 1. The molecule has 0 saturated heterocycles. The van der Waals surface area contributed by atoms with Crippen LogP contribution in [0.1, 0.15) is 5.56 Å². The average Bonchev–Trinajstić information content (AvgIpc) is 2.05. The van der Waals surface area contributed by atoms with Crippen molar-refractivity contribution in [2.75, 3.05) is 7.11 Å². The van der Waals surface area contributed by atoms with E-state index in [1.807, 2.05) is 6.07 Å². The smallest absolute Gasteiger partial charge is 0.160 e. The summed E-state index contributed by atoms with van der Waals surface area (Å²) in [5.41, 5.74) is 0.788. The first kappa shape index (κ1) is 8.41. The summed E-state index contributed by atoms with van der Waals surface area (Å²) in [6.07, 6.45) is 0.303. The highest BCUT2D eigenvalue weighted by atomic mass is 16.5. The van der Waals surface area contributed by atoms with Crippen LogP contribution in [0.25, 0.3) is 0 Å². The van der Waals surface area contributed by atoms with Gasteiger partial charge in [-0.3, -0.25) is 0 Å². The molecule has 0 heterocycles. The Bertz CT molecular complexity index is 315. The Kier molecular flexibility index (Phi) is 2.54. The highest BCUT2D eigenvalue weighted by molar-refractivity contribution is 5.42. The van der Waals surface area contributed by atoms with Crippen LogP contribution >= 0.6 is 0 Å². The van der Waals surface area contributed by atoms with Gasteiger partial charge in [0, 0.05) is 0 Å². The molecule has 3 nitrogen and oxygen atoms in total. The van der Waals surface area contributed by atoms with Gasteiger partial charge in [0.1, 0.15) is 0 Å². The minimum atomic E-state index is 0.0743. The first-order valence-electron chi connectivity index (χ1n) is 3.50. The number of nitriles is 1. The normalized spacial score (nSPS) is 9.00. The molecule has 1 rings (SSSR count). The molecule has 62 valence electrons. The summed E-state index contributed by atoms with van der Waals surface area (Å²) in [5, 5.41) is 17.7. The summed E-state index contributed by atoms with van der Waals surface area (Å²) in [6.45, 7) is 0. The van der Waals surface area contributed by atoms with Crippen molar-refractivity contribution in [3.05, 3.63) is 23.8 Å². The van der Waals surface area contributed by atoms with E-state index in [4.69, 9.17) is 10.00 Å². The van der Waals surface area contributed by atoms with Gasteiger partial charge in [0.2, 0.25) is 0 Å². The molecular formula is C9H9NO2. The fourth-order valence-corrected chi connectivity index (χ4v) is 0.937. The molecule has 0 fully saturated rings. The Balaban J connectivity index is 2.95. The molecule has 0 aliphatic heterocycles. The van der Waals surface area contributed by atoms with Crippen molar-refractivity contribution in [2.45, 2.75) is 6.42 Å². The van der Waals surface area contributed by atoms with Crippen LogP contribution in [0.15, 0.2) is 18.2 Å². The molecule has 0 bridgehead atoms. The molecule has 0 radical (unpaired) electrons. The molecule has 0 amide bonds. The predicted octanol–water partition coefficient (Wildman–Crippen LogP) is 1.47. The van der Waals surface area contributed by atoms with E-state index < -0.39 is 0 Å². The van der Waals surface area contributed by atoms with E-state index in [0.29, 0.717) is 12.2 Å². The van der Waals surface area contributed by atoms with Gasteiger partial charge in [0.25, 0.3) is 0 Å². The molecule has 0 aliphatic rings. The molecule has 1 N–H and O–H groups in total. The zero-order valence-electron chi connectivity index (χ0n) is 6.74. The fourth-order valence-electron chi connectivity index (χ4n) is 0.937. The number of phenols is 1. The van der Waals surface area contributed by atoms with Gasteiger partial charge in [-0.15, -0.1) is 0 Å². The SMILES string of the molecule is COc1ccc(CC#N)cc1O. The molecule has 0 unspecified atom stereocenters. The second-order valence-corrected chi connectivity index (χ2v) is 2.34. The standard InChI is InChI=1S/C9H9NO2/c1-12-9-3-2-7(4-5-10)6-8(9)11/h2-3,6,11H,4H2,1H3. The maximum atomic E-state index is 9.28. The number of hydrogen-bond donors (Lipinski definition) is 1. The lowest BCUT2D eigenvalue weighted by molar-refractivity contribution is 0.373. The van der Waals surface area contributed by atoms with E-state index in [1.165, 1.54) is 13.2 Å². The van der Waals surface area contributed by atoms with Gasteiger partial charge in [0.05, 0.1) is 19.6 Å². The number of phenolic OH excluding ortho intramolecular Hbond substituents is 1. The van der Waals surface area contributed by atoms with Crippen molar-refractivity contribution < 1.29 is 9.84 Å². The minimum Gasteiger partial charge on any atom is -0.504 e. The Morgan fingerprint density at radius 2 is 2.33 bits per heavy atom. The van der Waals surface area contributed by atoms with Gasteiger partial charge in [-0.05, 0) is 17.7 Å². The Hall–Kier alpha value is -1.69. The Morgan fingerprint density at radius 1 is 1.58 bits per heavy atom. The molecule has 0 saturated carbocycles. The van der Waals surface area contributed by atoms with E-state index in [0.717, 1.165) is 5.56 Å². The lowest BCUT2D eigenvalue weighted by atomic mass is 10.1. The number of hydrogen-bond acceptors (Lipinski definition) is 3. The predicted molar refractivity (Wildman–Crippen MR) is 44.0 cm³/mol. The summed E-state index contributed by atoms with van der Waals surface area (Å²) in [6, 6.07) is 6.92. The highest BCUT2D eigenvalue weighted by Crippen LogP contribution is 2.26. The molecule has 0 spiro atoms.